The number of nitrogens with zero attached hydrogens (tertiary/aromatic N) is 1. The fourth-order valence-corrected chi connectivity index (χ4v) is 4.14. The van der Waals surface area contributed by atoms with Crippen LogP contribution in [0.1, 0.15) is 78.1 Å². The van der Waals surface area contributed by atoms with E-state index in [1.54, 1.807) is 0 Å². The number of carbonyl (C=O) groups is 1. The van der Waals surface area contributed by atoms with E-state index in [-0.39, 0.29) is 19.8 Å². The van der Waals surface area contributed by atoms with Gasteiger partial charge in [0.25, 0.3) is 0 Å². The standard InChI is InChI=1S/C32H56NO7P/c1-6-7-8-9-10-11-12-13-14-15-16-17-18-19-20-21-22-23-24-25-27-37-29-32(40-31(2)34)30-39-41(35,36)38-28-26-33(3,4)5/h7-8,10-11,13-14,16-17,19-20,32H,6,9,12,15,18,21-30H2,1-5H3/p+1/b8-7-,11-10-,14-13-,17-16-,20-19-. The second kappa shape index (κ2) is 25.9. The molecule has 0 fully saturated rings. The monoisotopic (exact) mass is 598 g/mol. The maximum Gasteiger partial charge on any atom is 0.472 e. The minimum absolute atomic E-state index is 0.0765. The van der Waals surface area contributed by atoms with Crippen molar-refractivity contribution < 1.29 is 37.3 Å². The van der Waals surface area contributed by atoms with Crippen LogP contribution in [0.25, 0.3) is 0 Å². The Balaban J connectivity index is 3.85. The molecule has 0 radical (unpaired) electrons. The van der Waals surface area contributed by atoms with E-state index in [9.17, 15) is 14.3 Å². The molecule has 8 nitrogen and oxygen atoms in total. The van der Waals surface area contributed by atoms with Crippen LogP contribution in [0, 0.1) is 0 Å². The molecular weight excluding hydrogens is 541 g/mol. The van der Waals surface area contributed by atoms with Gasteiger partial charge in [0.15, 0.2) is 0 Å². The van der Waals surface area contributed by atoms with Gasteiger partial charge in [-0.05, 0) is 51.4 Å². The molecule has 0 aliphatic heterocycles. The van der Waals surface area contributed by atoms with Gasteiger partial charge >= 0.3 is 13.8 Å². The van der Waals surface area contributed by atoms with Crippen LogP contribution >= 0.6 is 7.82 Å². The van der Waals surface area contributed by atoms with Crippen LogP contribution in [0.15, 0.2) is 60.8 Å². The number of likely N-dealkylation sites (N-methyl/N-ethyl adjacent to an activating group) is 1. The van der Waals surface area contributed by atoms with Crippen molar-refractivity contribution in [2.45, 2.75) is 84.2 Å². The molecule has 0 aromatic rings. The normalized spacial score (nSPS) is 15.2. The summed E-state index contributed by atoms with van der Waals surface area (Å²) in [5.74, 6) is -0.504. The van der Waals surface area contributed by atoms with Crippen molar-refractivity contribution in [2.24, 2.45) is 0 Å². The van der Waals surface area contributed by atoms with Crippen molar-refractivity contribution in [2.75, 3.05) is 54.1 Å². The Labute approximate surface area is 250 Å². The summed E-state index contributed by atoms with van der Waals surface area (Å²) in [7, 11) is 1.62. The van der Waals surface area contributed by atoms with E-state index < -0.39 is 19.9 Å². The minimum atomic E-state index is -4.23. The molecule has 0 aliphatic rings. The molecule has 9 heteroatoms. The van der Waals surface area contributed by atoms with E-state index in [1.165, 1.54) is 6.92 Å². The summed E-state index contributed by atoms with van der Waals surface area (Å²) < 4.78 is 33.4. The lowest BCUT2D eigenvalue weighted by Crippen LogP contribution is -2.37. The first-order valence-corrected chi connectivity index (χ1v) is 16.5. The largest absolute Gasteiger partial charge is 0.472 e. The average Bonchev–Trinajstić information content (AvgIpc) is 2.89. The number of hydrogen-bond donors (Lipinski definition) is 1. The SMILES string of the molecule is CC/C=C\C/C=C\C/C=C\C/C=C\C/C=C\CCCCCCOCC(COP(=O)(O)OCC[N+](C)(C)C)OC(C)=O. The van der Waals surface area contributed by atoms with Gasteiger partial charge < -0.3 is 18.9 Å². The molecule has 0 aromatic carbocycles. The topological polar surface area (TPSA) is 91.3 Å². The number of quaternary nitrogens is 1. The van der Waals surface area contributed by atoms with Crippen molar-refractivity contribution in [1.82, 2.24) is 0 Å². The van der Waals surface area contributed by atoms with Gasteiger partial charge in [0.1, 0.15) is 19.3 Å². The smallest absolute Gasteiger partial charge is 0.458 e. The molecule has 2 unspecified atom stereocenters. The summed E-state index contributed by atoms with van der Waals surface area (Å²) in [5, 5.41) is 0. The van der Waals surface area contributed by atoms with Gasteiger partial charge in [-0.2, -0.15) is 0 Å². The Morgan fingerprint density at radius 1 is 0.756 bits per heavy atom. The Morgan fingerprint density at radius 3 is 1.83 bits per heavy atom. The summed E-state index contributed by atoms with van der Waals surface area (Å²) >= 11 is 0. The maximum atomic E-state index is 12.1. The van der Waals surface area contributed by atoms with Crippen LogP contribution in [-0.4, -0.2) is 75.6 Å². The molecule has 0 bridgehead atoms. The van der Waals surface area contributed by atoms with E-state index >= 15 is 0 Å². The van der Waals surface area contributed by atoms with Gasteiger partial charge in [0, 0.05) is 13.5 Å². The molecule has 0 spiro atoms. The highest BCUT2D eigenvalue weighted by Crippen LogP contribution is 2.43. The van der Waals surface area contributed by atoms with E-state index in [1.807, 2.05) is 21.1 Å². The Hall–Kier alpha value is -1.80. The van der Waals surface area contributed by atoms with Crippen LogP contribution in [0.5, 0.6) is 0 Å². The molecule has 41 heavy (non-hydrogen) atoms. The van der Waals surface area contributed by atoms with Crippen LogP contribution in [-0.2, 0) is 27.9 Å². The van der Waals surface area contributed by atoms with Gasteiger partial charge in [-0.15, -0.1) is 0 Å². The number of ether oxygens (including phenoxy) is 2. The number of carbonyl (C=O) groups excluding carboxylic acids is 1. The summed E-state index contributed by atoms with van der Waals surface area (Å²) in [4.78, 5) is 21.2. The molecule has 0 aliphatic carbocycles. The summed E-state index contributed by atoms with van der Waals surface area (Å²) in [6.45, 7) is 4.40. The predicted molar refractivity (Wildman–Crippen MR) is 169 cm³/mol. The third-order valence-corrected chi connectivity index (χ3v) is 6.63. The first-order valence-electron chi connectivity index (χ1n) is 15.0. The minimum Gasteiger partial charge on any atom is -0.458 e. The maximum absolute atomic E-state index is 12.1. The predicted octanol–water partition coefficient (Wildman–Crippen LogP) is 7.48. The molecule has 0 rings (SSSR count). The molecule has 236 valence electrons. The molecule has 0 amide bonds. The fourth-order valence-electron chi connectivity index (χ4n) is 3.40. The summed E-state index contributed by atoms with van der Waals surface area (Å²) in [6, 6.07) is 0. The van der Waals surface area contributed by atoms with Crippen molar-refractivity contribution in [1.29, 1.82) is 0 Å². The number of unbranched alkanes of at least 4 members (excludes halogenated alkanes) is 4. The molecule has 0 saturated heterocycles. The van der Waals surface area contributed by atoms with Crippen molar-refractivity contribution in [3.63, 3.8) is 0 Å². The first-order chi connectivity index (χ1) is 19.6. The highest BCUT2D eigenvalue weighted by atomic mass is 31.2. The molecular formula is C32H57NO7P+. The Morgan fingerprint density at radius 2 is 1.29 bits per heavy atom. The quantitative estimate of drug-likeness (QED) is 0.0363. The second-order valence-corrected chi connectivity index (χ2v) is 12.3. The van der Waals surface area contributed by atoms with E-state index in [2.05, 4.69) is 67.7 Å². The third kappa shape index (κ3) is 31.0. The molecule has 0 heterocycles. The average molecular weight is 599 g/mol. The Kier molecular flexibility index (Phi) is 24.7. The lowest BCUT2D eigenvalue weighted by atomic mass is 10.1. The number of rotatable bonds is 26. The van der Waals surface area contributed by atoms with Gasteiger partial charge in [-0.1, -0.05) is 80.5 Å². The van der Waals surface area contributed by atoms with Crippen LogP contribution in [0.4, 0.5) is 0 Å². The lowest BCUT2D eigenvalue weighted by Gasteiger charge is -2.24. The number of phosphoric ester groups is 1. The van der Waals surface area contributed by atoms with Gasteiger partial charge in [0.05, 0.1) is 34.4 Å². The second-order valence-electron chi connectivity index (χ2n) is 10.8. The van der Waals surface area contributed by atoms with E-state index in [4.69, 9.17) is 18.5 Å². The van der Waals surface area contributed by atoms with Crippen LogP contribution < -0.4 is 0 Å². The highest BCUT2D eigenvalue weighted by molar-refractivity contribution is 7.47. The van der Waals surface area contributed by atoms with Crippen molar-refractivity contribution in [3.05, 3.63) is 60.8 Å². The zero-order valence-corrected chi connectivity index (χ0v) is 27.1. The molecule has 0 aromatic heterocycles. The van der Waals surface area contributed by atoms with Gasteiger partial charge in [0.2, 0.25) is 0 Å². The van der Waals surface area contributed by atoms with E-state index in [0.717, 1.165) is 64.2 Å². The first kappa shape index (κ1) is 39.2. The molecule has 0 saturated carbocycles. The fraction of sp³-hybridized carbons (Fsp3) is 0.656. The molecule has 2 atom stereocenters. The number of esters is 1. The highest BCUT2D eigenvalue weighted by Gasteiger charge is 2.25. The zero-order valence-electron chi connectivity index (χ0n) is 26.2. The molecule has 1 N–H and O–H groups in total. The lowest BCUT2D eigenvalue weighted by molar-refractivity contribution is -0.870. The van der Waals surface area contributed by atoms with Gasteiger partial charge in [-0.25, -0.2) is 4.57 Å². The van der Waals surface area contributed by atoms with Gasteiger partial charge in [-0.3, -0.25) is 13.8 Å². The number of hydrogen-bond acceptors (Lipinski definition) is 6. The third-order valence-electron chi connectivity index (χ3n) is 5.64. The zero-order chi connectivity index (χ0) is 30.7. The summed E-state index contributed by atoms with van der Waals surface area (Å²) in [6.07, 6.45) is 31.6. The van der Waals surface area contributed by atoms with Crippen LogP contribution in [0.3, 0.4) is 0 Å². The summed E-state index contributed by atoms with van der Waals surface area (Å²) in [5.41, 5.74) is 0. The number of allylic oxidation sites excluding steroid dienone is 10. The van der Waals surface area contributed by atoms with E-state index in [0.29, 0.717) is 17.6 Å². The van der Waals surface area contributed by atoms with Crippen LogP contribution in [0.2, 0.25) is 0 Å². The number of phosphoric acid groups is 1. The Bertz CT molecular complexity index is 843. The van der Waals surface area contributed by atoms with Crippen molar-refractivity contribution in [3.8, 4) is 0 Å². The van der Waals surface area contributed by atoms with Crippen molar-refractivity contribution >= 4 is 13.8 Å².